The lowest BCUT2D eigenvalue weighted by molar-refractivity contribution is -0.305. The molecule has 0 aromatic rings. The van der Waals surface area contributed by atoms with Gasteiger partial charge in [0.05, 0.1) is 12.5 Å². The molecule has 1 atom stereocenters. The Morgan fingerprint density at radius 2 is 1.72 bits per heavy atom. The van der Waals surface area contributed by atoms with Crippen molar-refractivity contribution < 1.29 is 19.4 Å². The lowest BCUT2D eigenvalue weighted by atomic mass is 9.95. The van der Waals surface area contributed by atoms with E-state index >= 15 is 0 Å². The molecule has 4 heteroatoms. The van der Waals surface area contributed by atoms with Gasteiger partial charge in [-0.2, -0.15) is 0 Å². The molecule has 18 heavy (non-hydrogen) atoms. The molecular weight excluding hydrogens is 232 g/mol. The smallest absolute Gasteiger partial charge is 0.308 e. The van der Waals surface area contributed by atoms with E-state index in [1.165, 1.54) is 6.42 Å². The van der Waals surface area contributed by atoms with Crippen molar-refractivity contribution in [3.63, 3.8) is 0 Å². The number of carbonyl (C=O) groups excluding carboxylic acids is 2. The zero-order valence-corrected chi connectivity index (χ0v) is 11.6. The van der Waals surface area contributed by atoms with E-state index in [2.05, 4.69) is 6.92 Å². The maximum absolute atomic E-state index is 11.7. The summed E-state index contributed by atoms with van der Waals surface area (Å²) in [7, 11) is 0. The highest BCUT2D eigenvalue weighted by molar-refractivity contribution is 5.72. The van der Waals surface area contributed by atoms with Gasteiger partial charge in [0.1, 0.15) is 0 Å². The molecule has 0 saturated heterocycles. The minimum absolute atomic E-state index is 0.0187. The quantitative estimate of drug-likeness (QED) is 0.420. The number of hydrogen-bond donors (Lipinski definition) is 0. The normalized spacial score (nSPS) is 12.1. The molecule has 1 unspecified atom stereocenters. The number of hydrogen-bond acceptors (Lipinski definition) is 4. The first-order valence-corrected chi connectivity index (χ1v) is 6.98. The third-order valence-corrected chi connectivity index (χ3v) is 2.96. The second kappa shape index (κ2) is 11.1. The summed E-state index contributed by atoms with van der Waals surface area (Å²) in [6.07, 6.45) is 6.34. The summed E-state index contributed by atoms with van der Waals surface area (Å²) in [4.78, 5) is 22.0. The minimum atomic E-state index is -1.05. The zero-order valence-electron chi connectivity index (χ0n) is 11.6. The standard InChI is InChI=1S/C14H26O4/c1-3-5-6-7-9-12(14(17)18-4-2)10-8-11-13(15)16/h12H,3-11H2,1-2H3,(H,15,16)/p-1. The SMILES string of the molecule is CCCCCCC(CCCC(=O)[O-])C(=O)OCC. The largest absolute Gasteiger partial charge is 0.550 e. The van der Waals surface area contributed by atoms with Crippen molar-refractivity contribution in [3.05, 3.63) is 0 Å². The van der Waals surface area contributed by atoms with Gasteiger partial charge in [0.25, 0.3) is 0 Å². The molecule has 0 N–H and O–H groups in total. The third kappa shape index (κ3) is 9.02. The molecule has 0 radical (unpaired) electrons. The monoisotopic (exact) mass is 257 g/mol. The Labute approximate surface area is 110 Å². The first-order valence-electron chi connectivity index (χ1n) is 6.98. The summed E-state index contributed by atoms with van der Waals surface area (Å²) in [6, 6.07) is 0. The molecule has 0 spiro atoms. The van der Waals surface area contributed by atoms with Crippen molar-refractivity contribution in [2.75, 3.05) is 6.61 Å². The molecule has 0 heterocycles. The molecule has 0 amide bonds. The molecule has 0 saturated carbocycles. The molecule has 106 valence electrons. The third-order valence-electron chi connectivity index (χ3n) is 2.96. The van der Waals surface area contributed by atoms with Gasteiger partial charge in [-0.15, -0.1) is 0 Å². The Hall–Kier alpha value is -1.06. The summed E-state index contributed by atoms with van der Waals surface area (Å²) in [5.74, 6) is -1.39. The fraction of sp³-hybridized carbons (Fsp3) is 0.857. The highest BCUT2D eigenvalue weighted by Gasteiger charge is 2.18. The molecule has 0 aliphatic heterocycles. The van der Waals surface area contributed by atoms with Crippen molar-refractivity contribution in [2.24, 2.45) is 5.92 Å². The number of carboxylic acids is 1. The minimum Gasteiger partial charge on any atom is -0.550 e. The lowest BCUT2D eigenvalue weighted by Crippen LogP contribution is -2.23. The van der Waals surface area contributed by atoms with E-state index < -0.39 is 5.97 Å². The van der Waals surface area contributed by atoms with Gasteiger partial charge in [-0.3, -0.25) is 4.79 Å². The van der Waals surface area contributed by atoms with E-state index in [1.54, 1.807) is 6.92 Å². The van der Waals surface area contributed by atoms with Crippen molar-refractivity contribution in [3.8, 4) is 0 Å². The van der Waals surface area contributed by atoms with Crippen LogP contribution in [0.4, 0.5) is 0 Å². The number of carbonyl (C=O) groups is 2. The van der Waals surface area contributed by atoms with E-state index in [4.69, 9.17) is 4.74 Å². The summed E-state index contributed by atoms with van der Waals surface area (Å²) >= 11 is 0. The van der Waals surface area contributed by atoms with Crippen LogP contribution in [-0.4, -0.2) is 18.5 Å². The summed E-state index contributed by atoms with van der Waals surface area (Å²) in [6.45, 7) is 4.31. The highest BCUT2D eigenvalue weighted by atomic mass is 16.5. The van der Waals surface area contributed by atoms with Crippen LogP contribution in [0.15, 0.2) is 0 Å². The second-order valence-corrected chi connectivity index (χ2v) is 4.56. The predicted octanol–water partition coefficient (Wildman–Crippen LogP) is 2.06. The number of esters is 1. The Balaban J connectivity index is 3.99. The van der Waals surface area contributed by atoms with Crippen LogP contribution in [0.25, 0.3) is 0 Å². The molecule has 0 aromatic heterocycles. The zero-order chi connectivity index (χ0) is 13.8. The fourth-order valence-corrected chi connectivity index (χ4v) is 1.95. The van der Waals surface area contributed by atoms with Gasteiger partial charge in [-0.05, 0) is 32.6 Å². The number of carboxylic acid groups (broad SMARTS) is 1. The van der Waals surface area contributed by atoms with Crippen molar-refractivity contribution in [1.82, 2.24) is 0 Å². The molecule has 0 aliphatic rings. The van der Waals surface area contributed by atoms with Crippen LogP contribution in [0, 0.1) is 5.92 Å². The van der Waals surface area contributed by atoms with Gasteiger partial charge >= 0.3 is 5.97 Å². The number of unbranched alkanes of at least 4 members (excludes halogenated alkanes) is 3. The second-order valence-electron chi connectivity index (χ2n) is 4.56. The Morgan fingerprint density at radius 1 is 1.06 bits per heavy atom. The molecule has 4 nitrogen and oxygen atoms in total. The first-order chi connectivity index (χ1) is 8.61. The molecular formula is C14H25O4-. The average Bonchev–Trinajstić information content (AvgIpc) is 2.32. The van der Waals surface area contributed by atoms with Crippen LogP contribution in [0.3, 0.4) is 0 Å². The Kier molecular flexibility index (Phi) is 10.4. The number of ether oxygens (including phenoxy) is 1. The predicted molar refractivity (Wildman–Crippen MR) is 67.7 cm³/mol. The average molecular weight is 257 g/mol. The van der Waals surface area contributed by atoms with E-state index in [0.717, 1.165) is 25.7 Å². The van der Waals surface area contributed by atoms with Crippen LogP contribution >= 0.6 is 0 Å². The number of aliphatic carboxylic acids is 1. The van der Waals surface area contributed by atoms with Crippen LogP contribution in [0.5, 0.6) is 0 Å². The van der Waals surface area contributed by atoms with Crippen LogP contribution in [0.1, 0.15) is 65.2 Å². The summed E-state index contributed by atoms with van der Waals surface area (Å²) in [5.41, 5.74) is 0. The Morgan fingerprint density at radius 3 is 2.28 bits per heavy atom. The van der Waals surface area contributed by atoms with Gasteiger partial charge in [0, 0.05) is 5.97 Å². The fourth-order valence-electron chi connectivity index (χ4n) is 1.95. The highest BCUT2D eigenvalue weighted by Crippen LogP contribution is 2.18. The number of rotatable bonds is 11. The molecule has 0 rings (SSSR count). The molecule has 0 aromatic carbocycles. The van der Waals surface area contributed by atoms with Crippen LogP contribution < -0.4 is 5.11 Å². The van der Waals surface area contributed by atoms with Crippen molar-refractivity contribution in [1.29, 1.82) is 0 Å². The maximum Gasteiger partial charge on any atom is 0.308 e. The van der Waals surface area contributed by atoms with E-state index in [1.807, 2.05) is 0 Å². The Bertz CT molecular complexity index is 238. The molecule has 0 fully saturated rings. The van der Waals surface area contributed by atoms with E-state index in [0.29, 0.717) is 19.4 Å². The topological polar surface area (TPSA) is 66.4 Å². The van der Waals surface area contributed by atoms with Gasteiger partial charge in [0.2, 0.25) is 0 Å². The van der Waals surface area contributed by atoms with Gasteiger partial charge in [-0.25, -0.2) is 0 Å². The van der Waals surface area contributed by atoms with E-state index in [9.17, 15) is 14.7 Å². The van der Waals surface area contributed by atoms with Crippen LogP contribution in [0.2, 0.25) is 0 Å². The van der Waals surface area contributed by atoms with Crippen molar-refractivity contribution in [2.45, 2.75) is 65.2 Å². The van der Waals surface area contributed by atoms with Crippen molar-refractivity contribution >= 4 is 11.9 Å². The van der Waals surface area contributed by atoms with Gasteiger partial charge < -0.3 is 14.6 Å². The van der Waals surface area contributed by atoms with E-state index in [-0.39, 0.29) is 18.3 Å². The lowest BCUT2D eigenvalue weighted by Gasteiger charge is -2.15. The maximum atomic E-state index is 11.7. The summed E-state index contributed by atoms with van der Waals surface area (Å²) in [5, 5.41) is 10.3. The van der Waals surface area contributed by atoms with Gasteiger partial charge in [0.15, 0.2) is 0 Å². The summed E-state index contributed by atoms with van der Waals surface area (Å²) < 4.78 is 5.02. The molecule has 0 aliphatic carbocycles. The molecule has 0 bridgehead atoms. The van der Waals surface area contributed by atoms with Crippen LogP contribution in [-0.2, 0) is 14.3 Å². The van der Waals surface area contributed by atoms with Gasteiger partial charge in [-0.1, -0.05) is 32.6 Å². The first kappa shape index (κ1) is 16.9.